The summed E-state index contributed by atoms with van der Waals surface area (Å²) in [5, 5.41) is 6.39. The van der Waals surface area contributed by atoms with Gasteiger partial charge in [0.25, 0.3) is 5.91 Å². The van der Waals surface area contributed by atoms with E-state index in [0.29, 0.717) is 16.3 Å². The maximum absolute atomic E-state index is 12.5. The minimum Gasteiger partial charge on any atom is -0.483 e. The van der Waals surface area contributed by atoms with E-state index in [2.05, 4.69) is 40.4 Å². The number of anilines is 1. The fourth-order valence-electron chi connectivity index (χ4n) is 3.66. The number of ether oxygens (including phenoxy) is 2. The highest BCUT2D eigenvalue weighted by molar-refractivity contribution is 9.10. The summed E-state index contributed by atoms with van der Waals surface area (Å²) >= 11 is 10.4. The largest absolute Gasteiger partial charge is 0.483 e. The van der Waals surface area contributed by atoms with Crippen molar-refractivity contribution in [2.75, 3.05) is 19.0 Å². The van der Waals surface area contributed by atoms with Crippen LogP contribution in [-0.2, 0) is 22.4 Å². The van der Waals surface area contributed by atoms with Crippen molar-refractivity contribution in [2.24, 2.45) is 0 Å². The molecule has 1 aliphatic rings. The molecule has 2 aromatic rings. The van der Waals surface area contributed by atoms with Crippen LogP contribution in [0.5, 0.6) is 5.75 Å². The standard InChI is InChI=1S/C23H27BrN2O4S2/c1-12(2)15-10-16(24)13(3)9-17(15)30-11-19(27)25-23(31)26-21-20(22(28)29-4)14-7-5-6-8-18(14)32-21/h9-10,12H,5-8,11H2,1-4H3,(H2,25,26,27,31). The molecule has 1 amide bonds. The van der Waals surface area contributed by atoms with Crippen molar-refractivity contribution in [1.82, 2.24) is 5.32 Å². The monoisotopic (exact) mass is 538 g/mol. The first-order chi connectivity index (χ1) is 15.2. The van der Waals surface area contributed by atoms with Crippen LogP contribution in [0.4, 0.5) is 5.00 Å². The zero-order valence-corrected chi connectivity index (χ0v) is 21.8. The number of thiophene rings is 1. The van der Waals surface area contributed by atoms with Crippen molar-refractivity contribution in [2.45, 2.75) is 52.4 Å². The highest BCUT2D eigenvalue weighted by atomic mass is 79.9. The highest BCUT2D eigenvalue weighted by Crippen LogP contribution is 2.38. The Kier molecular flexibility index (Phi) is 8.30. The molecule has 0 bridgehead atoms. The quantitative estimate of drug-likeness (QED) is 0.373. The van der Waals surface area contributed by atoms with E-state index >= 15 is 0 Å². The van der Waals surface area contributed by atoms with E-state index in [-0.39, 0.29) is 23.5 Å². The van der Waals surface area contributed by atoms with Crippen LogP contribution in [0, 0.1) is 6.92 Å². The van der Waals surface area contributed by atoms with Gasteiger partial charge in [-0.05, 0) is 79.6 Å². The van der Waals surface area contributed by atoms with Gasteiger partial charge < -0.3 is 14.8 Å². The van der Waals surface area contributed by atoms with E-state index in [1.165, 1.54) is 23.3 Å². The number of hydrogen-bond acceptors (Lipinski definition) is 6. The van der Waals surface area contributed by atoms with E-state index < -0.39 is 5.97 Å². The Morgan fingerprint density at radius 2 is 1.97 bits per heavy atom. The number of fused-ring (bicyclic) bond motifs is 1. The molecule has 3 rings (SSSR count). The predicted octanol–water partition coefficient (Wildman–Crippen LogP) is 5.50. The fraction of sp³-hybridized carbons (Fsp3) is 0.435. The van der Waals surface area contributed by atoms with Crippen LogP contribution in [0.3, 0.4) is 0 Å². The first-order valence-electron chi connectivity index (χ1n) is 10.5. The average Bonchev–Trinajstić information content (AvgIpc) is 3.11. The van der Waals surface area contributed by atoms with Gasteiger partial charge in [-0.1, -0.05) is 29.8 Å². The molecule has 0 unspecified atom stereocenters. The molecule has 0 aliphatic heterocycles. The Bertz CT molecular complexity index is 1050. The van der Waals surface area contributed by atoms with E-state index in [0.717, 1.165) is 46.8 Å². The fourth-order valence-corrected chi connectivity index (χ4v) is 5.58. The Morgan fingerprint density at radius 1 is 1.25 bits per heavy atom. The molecule has 1 aliphatic carbocycles. The van der Waals surface area contributed by atoms with Gasteiger partial charge in [0.15, 0.2) is 11.7 Å². The van der Waals surface area contributed by atoms with Crippen LogP contribution in [-0.4, -0.2) is 30.7 Å². The third kappa shape index (κ3) is 5.68. The van der Waals surface area contributed by atoms with Crippen molar-refractivity contribution in [3.8, 4) is 5.75 Å². The number of carbonyl (C=O) groups is 2. The smallest absolute Gasteiger partial charge is 0.341 e. The van der Waals surface area contributed by atoms with Crippen molar-refractivity contribution >= 4 is 61.5 Å². The number of carbonyl (C=O) groups excluding carboxylic acids is 2. The molecular formula is C23H27BrN2O4S2. The van der Waals surface area contributed by atoms with Gasteiger partial charge in [0.1, 0.15) is 10.8 Å². The maximum Gasteiger partial charge on any atom is 0.341 e. The van der Waals surface area contributed by atoms with E-state index in [1.807, 2.05) is 19.1 Å². The molecule has 1 heterocycles. The summed E-state index contributed by atoms with van der Waals surface area (Å²) in [6.07, 6.45) is 3.92. The second kappa shape index (κ2) is 10.8. The van der Waals surface area contributed by atoms with E-state index in [9.17, 15) is 9.59 Å². The van der Waals surface area contributed by atoms with Crippen LogP contribution < -0.4 is 15.4 Å². The number of benzene rings is 1. The summed E-state index contributed by atoms with van der Waals surface area (Å²) in [7, 11) is 1.37. The van der Waals surface area contributed by atoms with Crippen molar-refractivity contribution < 1.29 is 19.1 Å². The predicted molar refractivity (Wildman–Crippen MR) is 135 cm³/mol. The number of rotatable bonds is 6. The van der Waals surface area contributed by atoms with E-state index in [1.54, 1.807) is 0 Å². The van der Waals surface area contributed by atoms with Gasteiger partial charge in [-0.2, -0.15) is 0 Å². The maximum atomic E-state index is 12.5. The lowest BCUT2D eigenvalue weighted by Crippen LogP contribution is -2.37. The number of amides is 1. The Morgan fingerprint density at radius 3 is 2.66 bits per heavy atom. The summed E-state index contributed by atoms with van der Waals surface area (Å²) in [6.45, 7) is 5.94. The molecule has 0 radical (unpaired) electrons. The lowest BCUT2D eigenvalue weighted by atomic mass is 9.95. The number of nitrogens with one attached hydrogen (secondary N) is 2. The molecule has 32 heavy (non-hydrogen) atoms. The van der Waals surface area contributed by atoms with Crippen molar-refractivity contribution in [3.05, 3.63) is 43.7 Å². The van der Waals surface area contributed by atoms with Crippen LogP contribution in [0.15, 0.2) is 16.6 Å². The molecule has 1 aromatic carbocycles. The van der Waals surface area contributed by atoms with E-state index in [4.69, 9.17) is 21.7 Å². The van der Waals surface area contributed by atoms with Crippen LogP contribution >= 0.6 is 39.5 Å². The average molecular weight is 540 g/mol. The molecule has 1 aromatic heterocycles. The number of esters is 1. The first-order valence-corrected chi connectivity index (χ1v) is 12.5. The molecule has 172 valence electrons. The number of thiocarbonyl (C=S) groups is 1. The lowest BCUT2D eigenvalue weighted by Gasteiger charge is -2.16. The second-order valence-electron chi connectivity index (χ2n) is 7.99. The third-order valence-electron chi connectivity index (χ3n) is 5.31. The van der Waals surface area contributed by atoms with Gasteiger partial charge in [0.05, 0.1) is 12.7 Å². The van der Waals surface area contributed by atoms with Crippen LogP contribution in [0.2, 0.25) is 0 Å². The first kappa shape index (κ1) is 24.7. The molecule has 2 N–H and O–H groups in total. The summed E-state index contributed by atoms with van der Waals surface area (Å²) in [4.78, 5) is 26.0. The Hall–Kier alpha value is -1.97. The number of hydrogen-bond donors (Lipinski definition) is 2. The van der Waals surface area contributed by atoms with Crippen molar-refractivity contribution in [3.63, 3.8) is 0 Å². The zero-order valence-electron chi connectivity index (χ0n) is 18.6. The minimum absolute atomic E-state index is 0.124. The summed E-state index contributed by atoms with van der Waals surface area (Å²) in [5.74, 6) is 0.151. The zero-order chi connectivity index (χ0) is 23.4. The molecule has 0 fully saturated rings. The number of aryl methyl sites for hydroxylation is 2. The number of halogens is 1. The third-order valence-corrected chi connectivity index (χ3v) is 7.58. The van der Waals surface area contributed by atoms with Crippen LogP contribution in [0.1, 0.15) is 64.5 Å². The van der Waals surface area contributed by atoms with Gasteiger partial charge in [-0.3, -0.25) is 10.1 Å². The van der Waals surface area contributed by atoms with Crippen molar-refractivity contribution in [1.29, 1.82) is 0 Å². The topological polar surface area (TPSA) is 76.7 Å². The molecule has 9 heteroatoms. The van der Waals surface area contributed by atoms with Gasteiger partial charge in [0, 0.05) is 9.35 Å². The Balaban J connectivity index is 1.65. The summed E-state index contributed by atoms with van der Waals surface area (Å²) in [5.41, 5.74) is 3.59. The lowest BCUT2D eigenvalue weighted by molar-refractivity contribution is -0.121. The van der Waals surface area contributed by atoms with Gasteiger partial charge >= 0.3 is 5.97 Å². The molecule has 6 nitrogen and oxygen atoms in total. The molecule has 0 saturated carbocycles. The molecule has 0 saturated heterocycles. The number of methoxy groups -OCH3 is 1. The normalized spacial score (nSPS) is 12.8. The van der Waals surface area contributed by atoms with Crippen LogP contribution in [0.25, 0.3) is 0 Å². The molecule has 0 atom stereocenters. The minimum atomic E-state index is -0.392. The SMILES string of the molecule is COC(=O)c1c(NC(=S)NC(=O)COc2cc(C)c(Br)cc2C(C)C)sc2c1CCCC2. The molecular weight excluding hydrogens is 512 g/mol. The molecule has 0 spiro atoms. The second-order valence-corrected chi connectivity index (χ2v) is 10.4. The Labute approximate surface area is 206 Å². The summed E-state index contributed by atoms with van der Waals surface area (Å²) in [6, 6.07) is 3.94. The van der Waals surface area contributed by atoms with Gasteiger partial charge in [-0.15, -0.1) is 11.3 Å². The highest BCUT2D eigenvalue weighted by Gasteiger charge is 2.26. The van der Waals surface area contributed by atoms with Gasteiger partial charge in [-0.25, -0.2) is 4.79 Å². The van der Waals surface area contributed by atoms with Gasteiger partial charge in [0.2, 0.25) is 0 Å². The summed E-state index contributed by atoms with van der Waals surface area (Å²) < 4.78 is 11.8.